The van der Waals surface area contributed by atoms with Gasteiger partial charge < -0.3 is 10.1 Å². The molecule has 0 radical (unpaired) electrons. The second-order valence-electron chi connectivity index (χ2n) is 4.62. The lowest BCUT2D eigenvalue weighted by Gasteiger charge is -2.48. The molecule has 1 aromatic heterocycles. The van der Waals surface area contributed by atoms with Crippen LogP contribution in [0.4, 0.5) is 0 Å². The highest BCUT2D eigenvalue weighted by atomic mass is 35.5. The van der Waals surface area contributed by atoms with E-state index in [0.717, 1.165) is 24.5 Å². The van der Waals surface area contributed by atoms with E-state index in [1.165, 1.54) is 6.42 Å². The van der Waals surface area contributed by atoms with Crippen LogP contribution in [0.3, 0.4) is 0 Å². The van der Waals surface area contributed by atoms with Crippen LogP contribution in [0, 0.1) is 18.8 Å². The number of nitrogens with one attached hydrogen (secondary N) is 1. The van der Waals surface area contributed by atoms with E-state index in [0.29, 0.717) is 17.9 Å². The Balaban J connectivity index is 0.000000963. The van der Waals surface area contributed by atoms with Gasteiger partial charge in [0.25, 0.3) is 0 Å². The van der Waals surface area contributed by atoms with Crippen molar-refractivity contribution in [2.75, 3.05) is 13.1 Å². The number of pyridine rings is 1. The zero-order valence-corrected chi connectivity index (χ0v) is 10.2. The van der Waals surface area contributed by atoms with Crippen molar-refractivity contribution in [3.05, 3.63) is 23.9 Å². The van der Waals surface area contributed by atoms with Gasteiger partial charge in [0.15, 0.2) is 0 Å². The Morgan fingerprint density at radius 2 is 2.12 bits per heavy atom. The Hall–Kier alpha value is -0.800. The van der Waals surface area contributed by atoms with Gasteiger partial charge in [0.1, 0.15) is 6.10 Å². The van der Waals surface area contributed by atoms with E-state index in [2.05, 4.69) is 23.3 Å². The normalized spacial score (nSPS) is 31.2. The molecule has 1 N–H and O–H groups in total. The SMILES string of the molecule is Cc1cccnc1OC1[C@@H]2CNC[C@H]1C2.Cl. The van der Waals surface area contributed by atoms with Gasteiger partial charge in [-0.05, 0) is 19.4 Å². The molecule has 2 bridgehead atoms. The van der Waals surface area contributed by atoms with E-state index in [9.17, 15) is 0 Å². The summed E-state index contributed by atoms with van der Waals surface area (Å²) in [5.41, 5.74) is 1.13. The predicted octanol–water partition coefficient (Wildman–Crippen LogP) is 1.80. The number of hydrogen-bond acceptors (Lipinski definition) is 3. The number of fused-ring (bicyclic) bond motifs is 2. The fourth-order valence-corrected chi connectivity index (χ4v) is 2.62. The Morgan fingerprint density at radius 3 is 2.75 bits per heavy atom. The molecular formula is C12H17ClN2O. The van der Waals surface area contributed by atoms with Crippen LogP contribution in [-0.2, 0) is 0 Å². The topological polar surface area (TPSA) is 34.1 Å². The van der Waals surface area contributed by atoms with Crippen molar-refractivity contribution in [2.24, 2.45) is 11.8 Å². The third kappa shape index (κ3) is 1.89. The van der Waals surface area contributed by atoms with Crippen molar-refractivity contribution in [1.82, 2.24) is 10.3 Å². The molecule has 1 aliphatic heterocycles. The second kappa shape index (κ2) is 4.60. The van der Waals surface area contributed by atoms with E-state index >= 15 is 0 Å². The summed E-state index contributed by atoms with van der Waals surface area (Å²) >= 11 is 0. The number of hydrogen-bond donors (Lipinski definition) is 1. The number of rotatable bonds is 2. The first kappa shape index (κ1) is 11.7. The Bertz CT molecular complexity index is 358. The largest absolute Gasteiger partial charge is 0.473 e. The first-order valence-electron chi connectivity index (χ1n) is 5.63. The summed E-state index contributed by atoms with van der Waals surface area (Å²) in [4.78, 5) is 4.28. The molecule has 1 saturated heterocycles. The highest BCUT2D eigenvalue weighted by Crippen LogP contribution is 2.39. The first-order chi connectivity index (χ1) is 7.34. The summed E-state index contributed by atoms with van der Waals surface area (Å²) in [5.74, 6) is 2.22. The van der Waals surface area contributed by atoms with Crippen molar-refractivity contribution in [2.45, 2.75) is 19.4 Å². The molecule has 1 aromatic rings. The lowest BCUT2D eigenvalue weighted by Crippen LogP contribution is -2.59. The summed E-state index contributed by atoms with van der Waals surface area (Å²) in [6.07, 6.45) is 3.53. The van der Waals surface area contributed by atoms with Crippen LogP contribution < -0.4 is 10.1 Å². The van der Waals surface area contributed by atoms with Crippen LogP contribution in [0.2, 0.25) is 0 Å². The molecule has 3 nitrogen and oxygen atoms in total. The van der Waals surface area contributed by atoms with Crippen molar-refractivity contribution in [3.63, 3.8) is 0 Å². The lowest BCUT2D eigenvalue weighted by molar-refractivity contribution is -0.0473. The molecular weight excluding hydrogens is 224 g/mol. The standard InChI is InChI=1S/C12H16N2O.ClH/c1-8-3-2-4-14-12(8)15-11-9-5-10(11)7-13-6-9;/h2-4,9-11,13H,5-7H2,1H3;1H/t9-,10+,11?;. The minimum atomic E-state index is 0. The second-order valence-corrected chi connectivity index (χ2v) is 4.62. The Morgan fingerprint density at radius 1 is 1.38 bits per heavy atom. The maximum absolute atomic E-state index is 6.00. The van der Waals surface area contributed by atoms with Gasteiger partial charge in [-0.1, -0.05) is 6.07 Å². The van der Waals surface area contributed by atoms with Gasteiger partial charge in [-0.2, -0.15) is 0 Å². The van der Waals surface area contributed by atoms with Crippen LogP contribution in [0.25, 0.3) is 0 Å². The number of aryl methyl sites for hydroxylation is 1. The fourth-order valence-electron chi connectivity index (χ4n) is 2.62. The average Bonchev–Trinajstić information content (AvgIpc) is 2.29. The summed E-state index contributed by atoms with van der Waals surface area (Å²) in [5, 5.41) is 3.41. The van der Waals surface area contributed by atoms with Gasteiger partial charge in [0.05, 0.1) is 0 Å². The van der Waals surface area contributed by atoms with E-state index in [-0.39, 0.29) is 12.4 Å². The quantitative estimate of drug-likeness (QED) is 0.856. The minimum Gasteiger partial charge on any atom is -0.473 e. The smallest absolute Gasteiger partial charge is 0.216 e. The van der Waals surface area contributed by atoms with E-state index in [1.807, 2.05) is 6.07 Å². The summed E-state index contributed by atoms with van der Waals surface area (Å²) in [6, 6.07) is 4.00. The number of halogens is 1. The molecule has 1 aliphatic carbocycles. The molecule has 88 valence electrons. The molecule has 2 heterocycles. The van der Waals surface area contributed by atoms with Crippen LogP contribution >= 0.6 is 12.4 Å². The summed E-state index contributed by atoms with van der Waals surface area (Å²) < 4.78 is 6.00. The molecule has 2 fully saturated rings. The number of ether oxygens (including phenoxy) is 1. The van der Waals surface area contributed by atoms with Crippen LogP contribution in [0.15, 0.2) is 18.3 Å². The van der Waals surface area contributed by atoms with E-state index < -0.39 is 0 Å². The zero-order valence-electron chi connectivity index (χ0n) is 9.35. The van der Waals surface area contributed by atoms with Gasteiger partial charge in [0.2, 0.25) is 5.88 Å². The average molecular weight is 241 g/mol. The summed E-state index contributed by atoms with van der Waals surface area (Å²) in [6.45, 7) is 4.26. The van der Waals surface area contributed by atoms with Gasteiger partial charge in [-0.3, -0.25) is 0 Å². The van der Waals surface area contributed by atoms with Crippen LogP contribution in [-0.4, -0.2) is 24.2 Å². The third-order valence-corrected chi connectivity index (χ3v) is 3.56. The maximum Gasteiger partial charge on any atom is 0.216 e. The van der Waals surface area contributed by atoms with E-state index in [1.54, 1.807) is 6.20 Å². The molecule has 1 unspecified atom stereocenters. The zero-order chi connectivity index (χ0) is 10.3. The molecule has 4 heteroatoms. The Labute approximate surface area is 102 Å². The molecule has 16 heavy (non-hydrogen) atoms. The minimum absolute atomic E-state index is 0. The maximum atomic E-state index is 6.00. The van der Waals surface area contributed by atoms with Gasteiger partial charge in [-0.25, -0.2) is 4.98 Å². The molecule has 3 atom stereocenters. The molecule has 0 spiro atoms. The van der Waals surface area contributed by atoms with Crippen LogP contribution in [0.5, 0.6) is 5.88 Å². The molecule has 0 aromatic carbocycles. The molecule has 1 saturated carbocycles. The highest BCUT2D eigenvalue weighted by Gasteiger charge is 2.45. The molecule has 0 amide bonds. The van der Waals surface area contributed by atoms with Crippen molar-refractivity contribution in [1.29, 1.82) is 0 Å². The van der Waals surface area contributed by atoms with Crippen LogP contribution in [0.1, 0.15) is 12.0 Å². The van der Waals surface area contributed by atoms with Gasteiger partial charge in [-0.15, -0.1) is 12.4 Å². The van der Waals surface area contributed by atoms with E-state index in [4.69, 9.17) is 4.74 Å². The number of aromatic nitrogens is 1. The fraction of sp³-hybridized carbons (Fsp3) is 0.583. The number of nitrogens with zero attached hydrogens (tertiary/aromatic N) is 1. The summed E-state index contributed by atoms with van der Waals surface area (Å²) in [7, 11) is 0. The monoisotopic (exact) mass is 240 g/mol. The molecule has 2 aliphatic rings. The van der Waals surface area contributed by atoms with Crippen molar-refractivity contribution < 1.29 is 4.74 Å². The van der Waals surface area contributed by atoms with Gasteiger partial charge in [0, 0.05) is 36.7 Å². The van der Waals surface area contributed by atoms with Gasteiger partial charge >= 0.3 is 0 Å². The third-order valence-electron chi connectivity index (χ3n) is 3.56. The first-order valence-corrected chi connectivity index (χ1v) is 5.63. The molecule has 3 rings (SSSR count). The van der Waals surface area contributed by atoms with Crippen molar-refractivity contribution >= 4 is 12.4 Å². The lowest BCUT2D eigenvalue weighted by atomic mass is 9.69. The Kier molecular flexibility index (Phi) is 3.36. The van der Waals surface area contributed by atoms with Crippen molar-refractivity contribution in [3.8, 4) is 5.88 Å². The predicted molar refractivity (Wildman–Crippen MR) is 65.1 cm³/mol. The number of piperidine rings is 2. The highest BCUT2D eigenvalue weighted by molar-refractivity contribution is 5.85.